The van der Waals surface area contributed by atoms with Crippen molar-refractivity contribution in [2.45, 2.75) is 52.8 Å². The highest BCUT2D eigenvalue weighted by atomic mass is 16.5. The van der Waals surface area contributed by atoms with E-state index >= 15 is 0 Å². The summed E-state index contributed by atoms with van der Waals surface area (Å²) in [6.45, 7) is 9.01. The lowest BCUT2D eigenvalue weighted by molar-refractivity contribution is -0.120. The summed E-state index contributed by atoms with van der Waals surface area (Å²) in [6, 6.07) is 16.6. The van der Waals surface area contributed by atoms with Gasteiger partial charge in [0.25, 0.3) is 0 Å². The number of hydrogen-bond acceptors (Lipinski definition) is 5. The maximum Gasteiger partial charge on any atom is 0.224 e. The van der Waals surface area contributed by atoms with Crippen molar-refractivity contribution in [3.8, 4) is 5.75 Å². The van der Waals surface area contributed by atoms with Crippen LogP contribution in [0.2, 0.25) is 0 Å². The van der Waals surface area contributed by atoms with Gasteiger partial charge in [-0.3, -0.25) is 9.69 Å². The van der Waals surface area contributed by atoms with Crippen molar-refractivity contribution in [2.24, 2.45) is 0 Å². The second-order valence-electron chi connectivity index (χ2n) is 8.55. The molecule has 2 aromatic carbocycles. The first-order chi connectivity index (χ1) is 15.5. The molecule has 1 unspecified atom stereocenters. The first-order valence-electron chi connectivity index (χ1n) is 11.2. The van der Waals surface area contributed by atoms with Crippen LogP contribution in [-0.4, -0.2) is 35.1 Å². The van der Waals surface area contributed by atoms with Crippen molar-refractivity contribution in [3.05, 3.63) is 82.2 Å². The molecule has 1 amide bonds. The van der Waals surface area contributed by atoms with Crippen LogP contribution in [0.3, 0.4) is 0 Å². The van der Waals surface area contributed by atoms with Gasteiger partial charge in [0, 0.05) is 25.7 Å². The number of carbonyl (C=O) groups excluding carboxylic acids is 1. The first-order valence-corrected chi connectivity index (χ1v) is 11.2. The van der Waals surface area contributed by atoms with Crippen molar-refractivity contribution in [1.82, 2.24) is 15.4 Å². The van der Waals surface area contributed by atoms with Gasteiger partial charge in [-0.05, 0) is 56.0 Å². The van der Waals surface area contributed by atoms with E-state index in [-0.39, 0.29) is 5.91 Å². The number of nitrogens with zero attached hydrogens (tertiary/aromatic N) is 2. The third-order valence-electron chi connectivity index (χ3n) is 6.23. The van der Waals surface area contributed by atoms with Crippen LogP contribution < -0.4 is 10.1 Å². The van der Waals surface area contributed by atoms with E-state index in [0.29, 0.717) is 25.6 Å². The van der Waals surface area contributed by atoms with Crippen LogP contribution >= 0.6 is 0 Å². The van der Waals surface area contributed by atoms with Crippen LogP contribution in [0.1, 0.15) is 40.6 Å². The maximum absolute atomic E-state index is 12.5. The molecule has 0 radical (unpaired) electrons. The molecule has 0 fully saturated rings. The monoisotopic (exact) mass is 433 g/mol. The van der Waals surface area contributed by atoms with Crippen LogP contribution in [0.5, 0.6) is 5.75 Å². The van der Waals surface area contributed by atoms with Gasteiger partial charge in [-0.2, -0.15) is 0 Å². The number of ether oxygens (including phenoxy) is 1. The molecule has 168 valence electrons. The number of aromatic nitrogens is 1. The number of aryl methyl sites for hydroxylation is 2. The maximum atomic E-state index is 12.5. The van der Waals surface area contributed by atoms with Crippen LogP contribution in [0, 0.1) is 13.8 Å². The van der Waals surface area contributed by atoms with E-state index in [2.05, 4.69) is 46.6 Å². The van der Waals surface area contributed by atoms with Gasteiger partial charge in [-0.1, -0.05) is 41.6 Å². The smallest absolute Gasteiger partial charge is 0.224 e. The Morgan fingerprint density at radius 1 is 1.16 bits per heavy atom. The molecule has 0 bridgehead atoms. The average molecular weight is 434 g/mol. The molecule has 4 rings (SSSR count). The molecule has 2 heterocycles. The summed E-state index contributed by atoms with van der Waals surface area (Å²) in [4.78, 5) is 14.9. The third kappa shape index (κ3) is 5.37. The van der Waals surface area contributed by atoms with E-state index in [0.717, 1.165) is 47.8 Å². The summed E-state index contributed by atoms with van der Waals surface area (Å²) < 4.78 is 11.0. The SMILES string of the molecule is Cc1noc(C)c1COc1ccc(CC(=O)NCC(C)N2CCc3ccccc3C2)cc1. The van der Waals surface area contributed by atoms with Gasteiger partial charge in [-0.25, -0.2) is 0 Å². The Labute approximate surface area is 189 Å². The normalized spacial score (nSPS) is 14.6. The van der Waals surface area contributed by atoms with Gasteiger partial charge in [0.15, 0.2) is 0 Å². The molecule has 6 nitrogen and oxygen atoms in total. The minimum atomic E-state index is 0.0404. The van der Waals surface area contributed by atoms with Gasteiger partial charge in [-0.15, -0.1) is 0 Å². The molecule has 1 aliphatic heterocycles. The molecule has 0 aliphatic carbocycles. The van der Waals surface area contributed by atoms with E-state index < -0.39 is 0 Å². The molecular weight excluding hydrogens is 402 g/mol. The van der Waals surface area contributed by atoms with Crippen LogP contribution in [-0.2, 0) is 30.8 Å². The Bertz CT molecular complexity index is 1040. The summed E-state index contributed by atoms with van der Waals surface area (Å²) in [5, 5.41) is 7.04. The lowest BCUT2D eigenvalue weighted by Crippen LogP contribution is -2.44. The number of fused-ring (bicyclic) bond motifs is 1. The summed E-state index contributed by atoms with van der Waals surface area (Å²) >= 11 is 0. The van der Waals surface area contributed by atoms with E-state index in [9.17, 15) is 4.79 Å². The number of benzene rings is 2. The van der Waals surface area contributed by atoms with Crippen molar-refractivity contribution in [3.63, 3.8) is 0 Å². The fraction of sp³-hybridized carbons (Fsp3) is 0.385. The molecule has 6 heteroatoms. The Balaban J connectivity index is 1.22. The second kappa shape index (κ2) is 10.0. The molecule has 1 aliphatic rings. The molecule has 0 spiro atoms. The second-order valence-corrected chi connectivity index (χ2v) is 8.55. The fourth-order valence-corrected chi connectivity index (χ4v) is 4.10. The number of carbonyl (C=O) groups is 1. The summed E-state index contributed by atoms with van der Waals surface area (Å²) in [5.41, 5.74) is 5.62. The summed E-state index contributed by atoms with van der Waals surface area (Å²) in [7, 11) is 0. The number of amides is 1. The Morgan fingerprint density at radius 2 is 1.91 bits per heavy atom. The highest BCUT2D eigenvalue weighted by Gasteiger charge is 2.20. The topological polar surface area (TPSA) is 67.6 Å². The Morgan fingerprint density at radius 3 is 2.62 bits per heavy atom. The zero-order valence-corrected chi connectivity index (χ0v) is 19.1. The quantitative estimate of drug-likeness (QED) is 0.582. The van der Waals surface area contributed by atoms with Gasteiger partial charge in [0.05, 0.1) is 17.7 Å². The molecule has 1 atom stereocenters. The molecule has 0 saturated heterocycles. The molecular formula is C26H31N3O3. The minimum Gasteiger partial charge on any atom is -0.489 e. The van der Waals surface area contributed by atoms with Gasteiger partial charge in [0.2, 0.25) is 5.91 Å². The predicted octanol–water partition coefficient (Wildman–Crippen LogP) is 3.98. The van der Waals surface area contributed by atoms with Crippen molar-refractivity contribution in [1.29, 1.82) is 0 Å². The average Bonchev–Trinajstić information content (AvgIpc) is 3.13. The first kappa shape index (κ1) is 22.1. The van der Waals surface area contributed by atoms with E-state index in [4.69, 9.17) is 9.26 Å². The molecule has 1 N–H and O–H groups in total. The molecule has 3 aromatic rings. The third-order valence-corrected chi connectivity index (χ3v) is 6.23. The van der Waals surface area contributed by atoms with Crippen molar-refractivity contribution in [2.75, 3.05) is 13.1 Å². The Kier molecular flexibility index (Phi) is 6.90. The number of hydrogen-bond donors (Lipinski definition) is 1. The van der Waals surface area contributed by atoms with Crippen molar-refractivity contribution < 1.29 is 14.1 Å². The lowest BCUT2D eigenvalue weighted by Gasteiger charge is -2.33. The van der Waals surface area contributed by atoms with E-state index in [1.165, 1.54) is 11.1 Å². The zero-order chi connectivity index (χ0) is 22.5. The predicted molar refractivity (Wildman–Crippen MR) is 123 cm³/mol. The summed E-state index contributed by atoms with van der Waals surface area (Å²) in [5.74, 6) is 1.57. The van der Waals surface area contributed by atoms with Gasteiger partial charge in [0.1, 0.15) is 18.1 Å². The standard InChI is InChI=1S/C26H31N3O3/c1-18(29-13-12-22-6-4-5-7-23(22)16-29)15-27-26(30)14-21-8-10-24(11-9-21)31-17-25-19(2)28-32-20(25)3/h4-11,18H,12-17H2,1-3H3,(H,27,30). The number of rotatable bonds is 8. The molecule has 1 aromatic heterocycles. The van der Waals surface area contributed by atoms with E-state index in [1.54, 1.807) is 0 Å². The van der Waals surface area contributed by atoms with Crippen molar-refractivity contribution >= 4 is 5.91 Å². The largest absolute Gasteiger partial charge is 0.489 e. The highest BCUT2D eigenvalue weighted by Crippen LogP contribution is 2.20. The zero-order valence-electron chi connectivity index (χ0n) is 19.1. The van der Waals surface area contributed by atoms with Gasteiger partial charge < -0.3 is 14.6 Å². The number of nitrogens with one attached hydrogen (secondary N) is 1. The van der Waals surface area contributed by atoms with Gasteiger partial charge >= 0.3 is 0 Å². The highest BCUT2D eigenvalue weighted by molar-refractivity contribution is 5.78. The summed E-state index contributed by atoms with van der Waals surface area (Å²) in [6.07, 6.45) is 1.43. The molecule has 32 heavy (non-hydrogen) atoms. The van der Waals surface area contributed by atoms with E-state index in [1.807, 2.05) is 38.1 Å². The molecule has 0 saturated carbocycles. The minimum absolute atomic E-state index is 0.0404. The lowest BCUT2D eigenvalue weighted by atomic mass is 9.99. The van der Waals surface area contributed by atoms with Crippen LogP contribution in [0.25, 0.3) is 0 Å². The van der Waals surface area contributed by atoms with Crippen LogP contribution in [0.4, 0.5) is 0 Å². The fourth-order valence-electron chi connectivity index (χ4n) is 4.10. The van der Waals surface area contributed by atoms with Crippen LogP contribution in [0.15, 0.2) is 53.1 Å². The Hall–Kier alpha value is -3.12.